The molecular weight excluding hydrogens is 326 g/mol. The fourth-order valence-corrected chi connectivity index (χ4v) is 2.51. The van der Waals surface area contributed by atoms with Crippen molar-refractivity contribution in [2.24, 2.45) is 0 Å². The van der Waals surface area contributed by atoms with Gasteiger partial charge in [-0.1, -0.05) is 69.6 Å². The quantitative estimate of drug-likeness (QED) is 0.280. The number of nitrogens with one attached hydrogen (secondary N) is 1. The molecule has 0 saturated carbocycles. The smallest absolute Gasteiger partial charge is 0.220 e. The molecule has 0 bridgehead atoms. The van der Waals surface area contributed by atoms with Crippen molar-refractivity contribution in [3.63, 3.8) is 0 Å². The Morgan fingerprint density at radius 2 is 1.54 bits per heavy atom. The maximum absolute atomic E-state index is 11.9. The number of carbonyl (C=O) groups excluding carboxylic acids is 1. The lowest BCUT2D eigenvalue weighted by Gasteiger charge is -2.19. The fourth-order valence-electron chi connectivity index (χ4n) is 2.51. The normalized spacial score (nSPS) is 14.5. The molecule has 2 atom stereocenters. The lowest BCUT2D eigenvalue weighted by atomic mass is 10.1. The van der Waals surface area contributed by atoms with Crippen molar-refractivity contribution in [1.82, 2.24) is 5.32 Å². The Morgan fingerprint density at radius 3 is 2.12 bits per heavy atom. The molecule has 4 nitrogen and oxygen atoms in total. The second-order valence-corrected chi connectivity index (χ2v) is 6.59. The van der Waals surface area contributed by atoms with Crippen molar-refractivity contribution in [3.8, 4) is 0 Å². The lowest BCUT2D eigenvalue weighted by Crippen LogP contribution is -2.45. The van der Waals surface area contributed by atoms with Crippen LogP contribution in [0.3, 0.4) is 0 Å². The van der Waals surface area contributed by atoms with Crippen LogP contribution in [0.25, 0.3) is 0 Å². The number of carbonyl (C=O) groups is 1. The summed E-state index contributed by atoms with van der Waals surface area (Å²) >= 11 is 0. The van der Waals surface area contributed by atoms with E-state index in [1.165, 1.54) is 0 Å². The highest BCUT2D eigenvalue weighted by molar-refractivity contribution is 5.76. The SMILES string of the molecule is CC/C=C/CC/C=C/CC/C=C/C(O)C(CO)NC(=O)CCCCCC. The molecule has 0 heterocycles. The Bertz CT molecular complexity index is 416. The summed E-state index contributed by atoms with van der Waals surface area (Å²) in [5.41, 5.74) is 0. The third-order valence-electron chi connectivity index (χ3n) is 4.12. The largest absolute Gasteiger partial charge is 0.394 e. The summed E-state index contributed by atoms with van der Waals surface area (Å²) in [5, 5.41) is 22.2. The van der Waals surface area contributed by atoms with Crippen LogP contribution in [0.2, 0.25) is 0 Å². The Hall–Kier alpha value is -1.39. The number of rotatable bonds is 16. The zero-order chi connectivity index (χ0) is 19.5. The molecule has 3 N–H and O–H groups in total. The van der Waals surface area contributed by atoms with Crippen molar-refractivity contribution < 1.29 is 15.0 Å². The van der Waals surface area contributed by atoms with Gasteiger partial charge in [-0.2, -0.15) is 0 Å². The number of aliphatic hydroxyl groups is 2. The lowest BCUT2D eigenvalue weighted by molar-refractivity contribution is -0.123. The van der Waals surface area contributed by atoms with Gasteiger partial charge >= 0.3 is 0 Å². The number of aliphatic hydroxyl groups excluding tert-OH is 2. The van der Waals surface area contributed by atoms with Gasteiger partial charge in [-0.05, 0) is 38.5 Å². The average Bonchev–Trinajstić information content (AvgIpc) is 2.64. The zero-order valence-corrected chi connectivity index (χ0v) is 16.7. The second-order valence-electron chi connectivity index (χ2n) is 6.59. The maximum Gasteiger partial charge on any atom is 0.220 e. The highest BCUT2D eigenvalue weighted by Gasteiger charge is 2.17. The van der Waals surface area contributed by atoms with Gasteiger partial charge in [0.2, 0.25) is 5.91 Å². The van der Waals surface area contributed by atoms with Gasteiger partial charge in [0.05, 0.1) is 18.8 Å². The van der Waals surface area contributed by atoms with E-state index >= 15 is 0 Å². The van der Waals surface area contributed by atoms with Crippen LogP contribution in [0.1, 0.15) is 78.1 Å². The first-order valence-corrected chi connectivity index (χ1v) is 10.2. The second kappa shape index (κ2) is 18.4. The van der Waals surface area contributed by atoms with Crippen LogP contribution in [-0.2, 0) is 4.79 Å². The third kappa shape index (κ3) is 14.9. The summed E-state index contributed by atoms with van der Waals surface area (Å²) in [6, 6.07) is -0.633. The van der Waals surface area contributed by atoms with Gasteiger partial charge in [0.1, 0.15) is 0 Å². The number of amides is 1. The molecule has 1 amide bonds. The van der Waals surface area contributed by atoms with Crippen molar-refractivity contribution in [3.05, 3.63) is 36.5 Å². The minimum atomic E-state index is -0.859. The molecule has 0 aromatic carbocycles. The molecule has 0 aliphatic rings. The van der Waals surface area contributed by atoms with Crippen molar-refractivity contribution in [2.75, 3.05) is 6.61 Å². The molecule has 0 saturated heterocycles. The minimum absolute atomic E-state index is 0.104. The van der Waals surface area contributed by atoms with Gasteiger partial charge in [-0.15, -0.1) is 0 Å². The molecule has 0 aromatic heterocycles. The average molecular weight is 366 g/mol. The van der Waals surface area contributed by atoms with Gasteiger partial charge < -0.3 is 15.5 Å². The minimum Gasteiger partial charge on any atom is -0.394 e. The first kappa shape index (κ1) is 24.6. The Morgan fingerprint density at radius 1 is 0.923 bits per heavy atom. The Labute approximate surface area is 160 Å². The van der Waals surface area contributed by atoms with Gasteiger partial charge in [-0.25, -0.2) is 0 Å². The van der Waals surface area contributed by atoms with E-state index in [9.17, 15) is 15.0 Å². The molecule has 0 aliphatic carbocycles. The van der Waals surface area contributed by atoms with Crippen LogP contribution < -0.4 is 5.32 Å². The predicted octanol–water partition coefficient (Wildman–Crippen LogP) is 4.43. The van der Waals surface area contributed by atoms with Crippen molar-refractivity contribution in [2.45, 2.75) is 90.2 Å². The summed E-state index contributed by atoms with van der Waals surface area (Å²) < 4.78 is 0. The van der Waals surface area contributed by atoms with Crippen molar-refractivity contribution in [1.29, 1.82) is 0 Å². The van der Waals surface area contributed by atoms with Crippen LogP contribution in [0.15, 0.2) is 36.5 Å². The molecule has 0 aliphatic heterocycles. The van der Waals surface area contributed by atoms with Crippen LogP contribution in [0.4, 0.5) is 0 Å². The number of allylic oxidation sites excluding steroid dienone is 5. The van der Waals surface area contributed by atoms with E-state index in [1.54, 1.807) is 6.08 Å². The van der Waals surface area contributed by atoms with E-state index < -0.39 is 12.1 Å². The highest BCUT2D eigenvalue weighted by Crippen LogP contribution is 2.04. The predicted molar refractivity (Wildman–Crippen MR) is 110 cm³/mol. The van der Waals surface area contributed by atoms with Crippen LogP contribution in [-0.4, -0.2) is 34.9 Å². The van der Waals surface area contributed by atoms with Crippen LogP contribution in [0.5, 0.6) is 0 Å². The molecule has 0 fully saturated rings. The van der Waals surface area contributed by atoms with E-state index in [1.807, 2.05) is 6.08 Å². The third-order valence-corrected chi connectivity index (χ3v) is 4.12. The standard InChI is InChI=1S/C22H39NO3/c1-3-5-7-9-10-11-12-13-14-15-17-21(25)20(19-24)23-22(26)18-16-8-6-4-2/h5,7,11-12,15,17,20-21,24-25H,3-4,6,8-10,13-14,16,18-19H2,1-2H3,(H,23,26)/b7-5+,12-11+,17-15+. The van der Waals surface area contributed by atoms with E-state index in [-0.39, 0.29) is 12.5 Å². The van der Waals surface area contributed by atoms with Crippen LogP contribution in [0, 0.1) is 0 Å². The fraction of sp³-hybridized carbons (Fsp3) is 0.682. The first-order valence-electron chi connectivity index (χ1n) is 10.2. The van der Waals surface area contributed by atoms with Gasteiger partial charge in [-0.3, -0.25) is 4.79 Å². The van der Waals surface area contributed by atoms with E-state index in [2.05, 4.69) is 43.5 Å². The van der Waals surface area contributed by atoms with Crippen molar-refractivity contribution >= 4 is 5.91 Å². The summed E-state index contributed by atoms with van der Waals surface area (Å²) in [6.07, 6.45) is 21.0. The molecule has 4 heteroatoms. The Kier molecular flexibility index (Phi) is 17.4. The molecule has 0 spiro atoms. The number of unbranched alkanes of at least 4 members (excludes halogenated alkanes) is 5. The zero-order valence-electron chi connectivity index (χ0n) is 16.7. The molecule has 2 unspecified atom stereocenters. The Balaban J connectivity index is 3.95. The topological polar surface area (TPSA) is 69.6 Å². The number of hydrogen-bond donors (Lipinski definition) is 3. The number of hydrogen-bond acceptors (Lipinski definition) is 3. The highest BCUT2D eigenvalue weighted by atomic mass is 16.3. The summed E-state index contributed by atoms with van der Waals surface area (Å²) in [7, 11) is 0. The van der Waals surface area contributed by atoms with E-state index in [0.29, 0.717) is 6.42 Å². The summed E-state index contributed by atoms with van der Waals surface area (Å²) in [5.74, 6) is -0.104. The molecule has 26 heavy (non-hydrogen) atoms. The van der Waals surface area contributed by atoms with E-state index in [4.69, 9.17) is 0 Å². The van der Waals surface area contributed by atoms with Gasteiger partial charge in [0.25, 0.3) is 0 Å². The summed E-state index contributed by atoms with van der Waals surface area (Å²) in [4.78, 5) is 11.9. The first-order chi connectivity index (χ1) is 12.7. The molecule has 0 radical (unpaired) electrons. The van der Waals surface area contributed by atoms with E-state index in [0.717, 1.165) is 57.8 Å². The molecular formula is C22H39NO3. The molecule has 150 valence electrons. The van der Waals surface area contributed by atoms with Crippen LogP contribution >= 0.6 is 0 Å². The maximum atomic E-state index is 11.9. The summed E-state index contributed by atoms with van der Waals surface area (Å²) in [6.45, 7) is 4.00. The van der Waals surface area contributed by atoms with Gasteiger partial charge in [0.15, 0.2) is 0 Å². The molecule has 0 aromatic rings. The monoisotopic (exact) mass is 365 g/mol. The van der Waals surface area contributed by atoms with Gasteiger partial charge in [0, 0.05) is 6.42 Å². The molecule has 0 rings (SSSR count).